The summed E-state index contributed by atoms with van der Waals surface area (Å²) in [6.07, 6.45) is 3.51. The number of thioether (sulfide) groups is 1. The lowest BCUT2D eigenvalue weighted by atomic mass is 10.2. The van der Waals surface area contributed by atoms with E-state index < -0.39 is 0 Å². The van der Waals surface area contributed by atoms with Crippen molar-refractivity contribution in [3.8, 4) is 11.5 Å². The lowest BCUT2D eigenvalue weighted by Gasteiger charge is -2.20. The third kappa shape index (κ3) is 4.00. The third-order valence-electron chi connectivity index (χ3n) is 4.13. The molecule has 7 heteroatoms. The molecule has 1 aromatic carbocycles. The molecular formula is C21H22N2O3S2. The molecule has 1 saturated heterocycles. The maximum Gasteiger partial charge on any atom is 0.285 e. The standard InChI is InChI=1S/C21H22N2O3S2/c1-5-11-26-17-10-9-16(12-18(17)25-6-2)13-19-20(24)23(21(27)28-19)22-14(3)7-8-15(22)4/h5,7-10,12-13H,1,6,11H2,2-4H3/b19-13+. The smallest absolute Gasteiger partial charge is 0.285 e. The number of carbonyl (C=O) groups is 1. The van der Waals surface area contributed by atoms with Crippen molar-refractivity contribution in [1.82, 2.24) is 4.68 Å². The van der Waals surface area contributed by atoms with Crippen LogP contribution in [0, 0.1) is 13.8 Å². The van der Waals surface area contributed by atoms with Gasteiger partial charge < -0.3 is 9.47 Å². The number of carbonyl (C=O) groups excluding carboxylic acids is 1. The molecule has 2 aromatic rings. The lowest BCUT2D eigenvalue weighted by Crippen LogP contribution is -2.39. The minimum atomic E-state index is -0.137. The lowest BCUT2D eigenvalue weighted by molar-refractivity contribution is -0.114. The Morgan fingerprint density at radius 3 is 2.50 bits per heavy atom. The van der Waals surface area contributed by atoms with E-state index in [0.717, 1.165) is 17.0 Å². The van der Waals surface area contributed by atoms with E-state index in [1.54, 1.807) is 11.1 Å². The average Bonchev–Trinajstić information content (AvgIpc) is 3.13. The maximum absolute atomic E-state index is 13.0. The van der Waals surface area contributed by atoms with E-state index in [4.69, 9.17) is 21.7 Å². The number of thiocarbonyl (C=S) groups is 1. The van der Waals surface area contributed by atoms with Crippen molar-refractivity contribution in [2.24, 2.45) is 0 Å². The van der Waals surface area contributed by atoms with E-state index in [1.165, 1.54) is 11.8 Å². The molecule has 3 rings (SSSR count). The van der Waals surface area contributed by atoms with Crippen molar-refractivity contribution < 1.29 is 14.3 Å². The van der Waals surface area contributed by atoms with Gasteiger partial charge in [0, 0.05) is 11.4 Å². The fraction of sp³-hybridized carbons (Fsp3) is 0.238. The zero-order valence-electron chi connectivity index (χ0n) is 16.1. The molecule has 28 heavy (non-hydrogen) atoms. The normalized spacial score (nSPS) is 15.4. The number of aromatic nitrogens is 1. The van der Waals surface area contributed by atoms with Crippen LogP contribution in [0.25, 0.3) is 6.08 Å². The first kappa shape index (κ1) is 20.2. The quantitative estimate of drug-likeness (QED) is 0.376. The van der Waals surface area contributed by atoms with Gasteiger partial charge >= 0.3 is 0 Å². The summed E-state index contributed by atoms with van der Waals surface area (Å²) in [5.41, 5.74) is 2.76. The van der Waals surface area contributed by atoms with Crippen molar-refractivity contribution in [1.29, 1.82) is 0 Å². The second kappa shape index (κ2) is 8.67. The number of rotatable bonds is 7. The van der Waals surface area contributed by atoms with E-state index in [9.17, 15) is 4.79 Å². The number of hydrogen-bond donors (Lipinski definition) is 0. The summed E-state index contributed by atoms with van der Waals surface area (Å²) in [7, 11) is 0. The second-order valence-corrected chi connectivity index (χ2v) is 7.84. The Labute approximate surface area is 174 Å². The van der Waals surface area contributed by atoms with Gasteiger partial charge in [0.1, 0.15) is 6.61 Å². The number of amides is 1. The van der Waals surface area contributed by atoms with Gasteiger partial charge in [-0.2, -0.15) is 5.01 Å². The van der Waals surface area contributed by atoms with Crippen LogP contribution in [0.1, 0.15) is 23.9 Å². The molecular weight excluding hydrogens is 392 g/mol. The van der Waals surface area contributed by atoms with Crippen LogP contribution < -0.4 is 14.5 Å². The first-order chi connectivity index (χ1) is 13.5. The molecule has 1 aliphatic rings. The van der Waals surface area contributed by atoms with Crippen LogP contribution in [0.4, 0.5) is 0 Å². The van der Waals surface area contributed by atoms with Crippen LogP contribution in [0.3, 0.4) is 0 Å². The highest BCUT2D eigenvalue weighted by molar-refractivity contribution is 8.27. The van der Waals surface area contributed by atoms with Gasteiger partial charge in [0.25, 0.3) is 5.91 Å². The summed E-state index contributed by atoms with van der Waals surface area (Å²) < 4.78 is 13.7. The summed E-state index contributed by atoms with van der Waals surface area (Å²) in [4.78, 5) is 13.6. The van der Waals surface area contributed by atoms with Gasteiger partial charge in [-0.05, 0) is 68.9 Å². The summed E-state index contributed by atoms with van der Waals surface area (Å²) in [5, 5.41) is 1.54. The molecule has 0 aliphatic carbocycles. The predicted octanol–water partition coefficient (Wildman–Crippen LogP) is 4.61. The average molecular weight is 415 g/mol. The predicted molar refractivity (Wildman–Crippen MR) is 119 cm³/mol. The van der Waals surface area contributed by atoms with Crippen LogP contribution in [0.15, 0.2) is 47.9 Å². The van der Waals surface area contributed by atoms with Crippen molar-refractivity contribution in [3.63, 3.8) is 0 Å². The number of nitrogens with zero attached hydrogens (tertiary/aromatic N) is 2. The Balaban J connectivity index is 1.91. The molecule has 0 saturated carbocycles. The number of hydrogen-bond acceptors (Lipinski definition) is 5. The molecule has 0 radical (unpaired) electrons. The number of benzene rings is 1. The molecule has 1 aliphatic heterocycles. The number of ether oxygens (including phenoxy) is 2. The summed E-state index contributed by atoms with van der Waals surface area (Å²) in [6.45, 7) is 10.4. The Hall–Kier alpha value is -2.51. The van der Waals surface area contributed by atoms with Gasteiger partial charge in [-0.3, -0.25) is 9.47 Å². The number of aryl methyl sites for hydroxylation is 2. The molecule has 2 heterocycles. The van der Waals surface area contributed by atoms with Crippen LogP contribution in [0.5, 0.6) is 11.5 Å². The third-order valence-corrected chi connectivity index (χ3v) is 5.41. The van der Waals surface area contributed by atoms with Gasteiger partial charge in [0.15, 0.2) is 15.8 Å². The first-order valence-corrected chi connectivity index (χ1v) is 10.1. The molecule has 0 atom stereocenters. The second-order valence-electron chi connectivity index (χ2n) is 6.16. The van der Waals surface area contributed by atoms with Crippen LogP contribution >= 0.6 is 24.0 Å². The summed E-state index contributed by atoms with van der Waals surface area (Å²) >= 11 is 6.76. The fourth-order valence-electron chi connectivity index (χ4n) is 2.91. The molecule has 1 amide bonds. The van der Waals surface area contributed by atoms with E-state index in [-0.39, 0.29) is 5.91 Å². The highest BCUT2D eigenvalue weighted by atomic mass is 32.2. The zero-order valence-corrected chi connectivity index (χ0v) is 17.7. The Morgan fingerprint density at radius 1 is 1.14 bits per heavy atom. The summed E-state index contributed by atoms with van der Waals surface area (Å²) in [5.74, 6) is 1.14. The van der Waals surface area contributed by atoms with Gasteiger partial charge in [-0.1, -0.05) is 30.5 Å². The van der Waals surface area contributed by atoms with Crippen molar-refractivity contribution in [2.45, 2.75) is 20.8 Å². The molecule has 0 bridgehead atoms. The zero-order chi connectivity index (χ0) is 20.3. The SMILES string of the molecule is C=CCOc1ccc(/C=C2/SC(=S)N(n3c(C)ccc3C)C2=O)cc1OCC. The summed E-state index contributed by atoms with van der Waals surface area (Å²) in [6, 6.07) is 9.52. The molecule has 1 aromatic heterocycles. The maximum atomic E-state index is 13.0. The van der Waals surface area contributed by atoms with Gasteiger partial charge in [-0.25, -0.2) is 0 Å². The van der Waals surface area contributed by atoms with E-state index in [1.807, 2.05) is 61.9 Å². The first-order valence-electron chi connectivity index (χ1n) is 8.90. The molecule has 0 N–H and O–H groups in total. The van der Waals surface area contributed by atoms with E-state index in [0.29, 0.717) is 33.9 Å². The molecule has 5 nitrogen and oxygen atoms in total. The van der Waals surface area contributed by atoms with Crippen molar-refractivity contribution >= 4 is 40.3 Å². The topological polar surface area (TPSA) is 43.7 Å². The highest BCUT2D eigenvalue weighted by Crippen LogP contribution is 2.35. The van der Waals surface area contributed by atoms with Gasteiger partial charge in [0.05, 0.1) is 11.5 Å². The van der Waals surface area contributed by atoms with Crippen LogP contribution in [-0.2, 0) is 4.79 Å². The Bertz CT molecular complexity index is 943. The minimum Gasteiger partial charge on any atom is -0.490 e. The fourth-order valence-corrected chi connectivity index (χ4v) is 4.15. The van der Waals surface area contributed by atoms with Crippen LogP contribution in [-0.4, -0.2) is 28.1 Å². The Morgan fingerprint density at radius 2 is 1.86 bits per heavy atom. The van der Waals surface area contributed by atoms with Gasteiger partial charge in [-0.15, -0.1) is 0 Å². The minimum absolute atomic E-state index is 0.137. The van der Waals surface area contributed by atoms with Crippen molar-refractivity contribution in [2.75, 3.05) is 18.2 Å². The Kier molecular flexibility index (Phi) is 6.26. The van der Waals surface area contributed by atoms with Gasteiger partial charge in [0.2, 0.25) is 0 Å². The largest absolute Gasteiger partial charge is 0.490 e. The molecule has 146 valence electrons. The highest BCUT2D eigenvalue weighted by Gasteiger charge is 2.34. The van der Waals surface area contributed by atoms with E-state index in [2.05, 4.69) is 6.58 Å². The molecule has 1 fully saturated rings. The molecule has 0 unspecified atom stereocenters. The monoisotopic (exact) mass is 414 g/mol. The molecule has 0 spiro atoms. The van der Waals surface area contributed by atoms with Crippen molar-refractivity contribution in [3.05, 3.63) is 64.8 Å². The van der Waals surface area contributed by atoms with E-state index >= 15 is 0 Å². The van der Waals surface area contributed by atoms with Crippen LogP contribution in [0.2, 0.25) is 0 Å².